The van der Waals surface area contributed by atoms with Crippen LogP contribution in [0, 0.1) is 5.82 Å². The number of epoxide rings is 1. The first-order valence-corrected chi connectivity index (χ1v) is 4.54. The Kier molecular flexibility index (Phi) is 1.80. The molecule has 2 fully saturated rings. The molecule has 0 spiro atoms. The Labute approximate surface area is 80.3 Å². The smallest absolute Gasteiger partial charge is 0.149 e. The fourth-order valence-corrected chi connectivity index (χ4v) is 1.73. The number of hydrogen-bond acceptors (Lipinski definition) is 3. The van der Waals surface area contributed by atoms with Crippen molar-refractivity contribution in [2.45, 2.75) is 18.3 Å². The molecule has 2 saturated heterocycles. The minimum absolute atomic E-state index is 0.0411. The topological polar surface area (TPSA) is 31.0 Å². The number of rotatable bonds is 1. The molecule has 74 valence electrons. The van der Waals surface area contributed by atoms with Crippen molar-refractivity contribution in [2.24, 2.45) is 0 Å². The fourth-order valence-electron chi connectivity index (χ4n) is 1.73. The first-order valence-electron chi connectivity index (χ1n) is 4.54. The Hall–Kier alpha value is -0.970. The van der Waals surface area contributed by atoms with Crippen LogP contribution in [-0.4, -0.2) is 18.8 Å². The molecule has 1 aromatic carbocycles. The minimum atomic E-state index is -0.421. The molecular formula is C10H9FO3. The highest BCUT2D eigenvalue weighted by Crippen LogP contribution is 2.41. The Bertz CT molecular complexity index is 355. The standard InChI is InChI=1S/C10H9FO3/c11-7-4-2-1-3-6(7)9-10-8(13-10)5-12-14-9/h1-4,8-10H,5H2/t8-,9+,10-/m0/s1. The summed E-state index contributed by atoms with van der Waals surface area (Å²) < 4.78 is 18.7. The first-order chi connectivity index (χ1) is 6.86. The van der Waals surface area contributed by atoms with Crippen molar-refractivity contribution in [1.29, 1.82) is 0 Å². The summed E-state index contributed by atoms with van der Waals surface area (Å²) in [7, 11) is 0. The first kappa shape index (κ1) is 8.35. The third-order valence-corrected chi connectivity index (χ3v) is 2.54. The average molecular weight is 196 g/mol. The largest absolute Gasteiger partial charge is 0.364 e. The highest BCUT2D eigenvalue weighted by Gasteiger charge is 2.51. The van der Waals surface area contributed by atoms with Crippen LogP contribution in [0.1, 0.15) is 11.7 Å². The zero-order valence-electron chi connectivity index (χ0n) is 7.35. The number of hydrogen-bond donors (Lipinski definition) is 0. The molecule has 0 aliphatic carbocycles. The molecule has 2 aliphatic rings. The monoisotopic (exact) mass is 196 g/mol. The normalized spacial score (nSPS) is 35.1. The van der Waals surface area contributed by atoms with Crippen LogP contribution in [0.2, 0.25) is 0 Å². The second kappa shape index (κ2) is 3.02. The molecule has 3 atom stereocenters. The zero-order chi connectivity index (χ0) is 9.54. The molecule has 2 aliphatic heterocycles. The van der Waals surface area contributed by atoms with Gasteiger partial charge < -0.3 is 4.74 Å². The lowest BCUT2D eigenvalue weighted by atomic mass is 10.0. The van der Waals surface area contributed by atoms with Crippen molar-refractivity contribution in [3.63, 3.8) is 0 Å². The molecule has 4 heteroatoms. The van der Waals surface area contributed by atoms with E-state index in [0.29, 0.717) is 12.2 Å². The lowest BCUT2D eigenvalue weighted by molar-refractivity contribution is -0.339. The van der Waals surface area contributed by atoms with Gasteiger partial charge in [0.15, 0.2) is 0 Å². The van der Waals surface area contributed by atoms with Crippen LogP contribution in [-0.2, 0) is 14.5 Å². The maximum atomic E-state index is 13.4. The molecule has 0 amide bonds. The summed E-state index contributed by atoms with van der Waals surface area (Å²) in [6, 6.07) is 6.51. The number of fused-ring (bicyclic) bond motifs is 1. The summed E-state index contributed by atoms with van der Waals surface area (Å²) in [6.07, 6.45) is -0.385. The third kappa shape index (κ3) is 1.23. The second-order valence-electron chi connectivity index (χ2n) is 3.46. The van der Waals surface area contributed by atoms with Crippen LogP contribution in [0.5, 0.6) is 0 Å². The Morgan fingerprint density at radius 1 is 1.29 bits per heavy atom. The molecule has 14 heavy (non-hydrogen) atoms. The summed E-state index contributed by atoms with van der Waals surface area (Å²) >= 11 is 0. The third-order valence-electron chi connectivity index (χ3n) is 2.54. The van der Waals surface area contributed by atoms with Gasteiger partial charge in [0.25, 0.3) is 0 Å². The second-order valence-corrected chi connectivity index (χ2v) is 3.46. The van der Waals surface area contributed by atoms with Gasteiger partial charge in [0.2, 0.25) is 0 Å². The van der Waals surface area contributed by atoms with E-state index in [1.165, 1.54) is 6.07 Å². The van der Waals surface area contributed by atoms with Crippen LogP contribution in [0.15, 0.2) is 24.3 Å². The van der Waals surface area contributed by atoms with Gasteiger partial charge in [0.1, 0.15) is 30.7 Å². The molecule has 3 nitrogen and oxygen atoms in total. The predicted molar refractivity (Wildman–Crippen MR) is 44.8 cm³/mol. The molecule has 1 aromatic rings. The Morgan fingerprint density at radius 3 is 3.00 bits per heavy atom. The highest BCUT2D eigenvalue weighted by molar-refractivity contribution is 5.23. The van der Waals surface area contributed by atoms with Gasteiger partial charge in [-0.2, -0.15) is 0 Å². The molecule has 0 saturated carbocycles. The molecule has 2 heterocycles. The van der Waals surface area contributed by atoms with Crippen molar-refractivity contribution in [3.05, 3.63) is 35.6 Å². The molecule has 0 unspecified atom stereocenters. The summed E-state index contributed by atoms with van der Waals surface area (Å²) in [6.45, 7) is 0.440. The van der Waals surface area contributed by atoms with E-state index in [9.17, 15) is 4.39 Å². The maximum absolute atomic E-state index is 13.4. The van der Waals surface area contributed by atoms with E-state index in [1.807, 2.05) is 0 Å². The molecule has 0 bridgehead atoms. The quantitative estimate of drug-likeness (QED) is 0.505. The molecule has 0 radical (unpaired) electrons. The van der Waals surface area contributed by atoms with Gasteiger partial charge in [0, 0.05) is 5.56 Å². The lowest BCUT2D eigenvalue weighted by Gasteiger charge is -2.18. The molecule has 3 rings (SSSR count). The van der Waals surface area contributed by atoms with Crippen LogP contribution >= 0.6 is 0 Å². The van der Waals surface area contributed by atoms with Crippen LogP contribution in [0.3, 0.4) is 0 Å². The fraction of sp³-hybridized carbons (Fsp3) is 0.400. The van der Waals surface area contributed by atoms with Crippen LogP contribution < -0.4 is 0 Å². The Morgan fingerprint density at radius 2 is 2.14 bits per heavy atom. The SMILES string of the molecule is Fc1ccccc1[C@H]1OOC[C@@H]2O[C@@H]21. The summed E-state index contributed by atoms with van der Waals surface area (Å²) in [5.41, 5.74) is 0.500. The van der Waals surface area contributed by atoms with Crippen LogP contribution in [0.4, 0.5) is 4.39 Å². The van der Waals surface area contributed by atoms with Crippen molar-refractivity contribution in [3.8, 4) is 0 Å². The van der Waals surface area contributed by atoms with Gasteiger partial charge in [-0.25, -0.2) is 14.2 Å². The van der Waals surface area contributed by atoms with Gasteiger partial charge in [-0.05, 0) is 6.07 Å². The van der Waals surface area contributed by atoms with Crippen molar-refractivity contribution in [2.75, 3.05) is 6.61 Å². The van der Waals surface area contributed by atoms with E-state index in [1.54, 1.807) is 18.2 Å². The zero-order valence-corrected chi connectivity index (χ0v) is 7.35. The van der Waals surface area contributed by atoms with Gasteiger partial charge in [-0.1, -0.05) is 18.2 Å². The van der Waals surface area contributed by atoms with E-state index < -0.39 is 6.10 Å². The van der Waals surface area contributed by atoms with Crippen molar-refractivity contribution in [1.82, 2.24) is 0 Å². The average Bonchev–Trinajstić information content (AvgIpc) is 2.97. The van der Waals surface area contributed by atoms with Crippen LogP contribution in [0.25, 0.3) is 0 Å². The van der Waals surface area contributed by atoms with Gasteiger partial charge in [-0.3, -0.25) is 0 Å². The molecular weight excluding hydrogens is 187 g/mol. The van der Waals surface area contributed by atoms with E-state index >= 15 is 0 Å². The predicted octanol–water partition coefficient (Wildman–Crippen LogP) is 1.60. The van der Waals surface area contributed by atoms with E-state index in [-0.39, 0.29) is 18.0 Å². The van der Waals surface area contributed by atoms with Gasteiger partial charge in [-0.15, -0.1) is 0 Å². The number of ether oxygens (including phenoxy) is 1. The van der Waals surface area contributed by atoms with Crippen molar-refractivity contribution >= 4 is 0 Å². The van der Waals surface area contributed by atoms with E-state index in [0.717, 1.165) is 0 Å². The molecule has 0 N–H and O–H groups in total. The van der Waals surface area contributed by atoms with Gasteiger partial charge >= 0.3 is 0 Å². The van der Waals surface area contributed by atoms with Crippen molar-refractivity contribution < 1.29 is 18.9 Å². The van der Waals surface area contributed by atoms with Gasteiger partial charge in [0.05, 0.1) is 0 Å². The number of benzene rings is 1. The maximum Gasteiger partial charge on any atom is 0.149 e. The summed E-state index contributed by atoms with van der Waals surface area (Å²) in [5, 5.41) is 0. The minimum Gasteiger partial charge on any atom is -0.364 e. The van der Waals surface area contributed by atoms with E-state index in [4.69, 9.17) is 14.5 Å². The summed E-state index contributed by atoms with van der Waals surface area (Å²) in [4.78, 5) is 9.89. The molecule has 0 aromatic heterocycles. The highest BCUT2D eigenvalue weighted by atomic mass is 19.1. The lowest BCUT2D eigenvalue weighted by Crippen LogP contribution is -2.22. The number of halogens is 1. The Balaban J connectivity index is 1.91. The summed E-state index contributed by atoms with van der Waals surface area (Å²) in [5.74, 6) is -0.280. The van der Waals surface area contributed by atoms with E-state index in [2.05, 4.69) is 0 Å².